The number of aliphatic carboxylic acids is 1. The van der Waals surface area contributed by atoms with E-state index in [1.54, 1.807) is 0 Å². The third kappa shape index (κ3) is 4.32. The largest absolute Gasteiger partial charge is 0.480 e. The highest BCUT2D eigenvalue weighted by Crippen LogP contribution is 2.15. The average molecular weight is 322 g/mol. The van der Waals surface area contributed by atoms with Gasteiger partial charge in [0.15, 0.2) is 5.03 Å². The molecule has 1 aromatic rings. The van der Waals surface area contributed by atoms with Crippen LogP contribution >= 0.6 is 11.6 Å². The fourth-order valence-electron chi connectivity index (χ4n) is 1.40. The number of hydrogen-bond acceptors (Lipinski definition) is 4. The molecule has 112 valence electrons. The molecule has 0 amide bonds. The summed E-state index contributed by atoms with van der Waals surface area (Å²) in [7, 11) is -4.01. The smallest absolute Gasteiger partial charge is 0.322 e. The summed E-state index contributed by atoms with van der Waals surface area (Å²) in [6, 6.07) is -1.38. The van der Waals surface area contributed by atoms with Crippen molar-refractivity contribution in [1.82, 2.24) is 14.7 Å². The van der Waals surface area contributed by atoms with Gasteiger partial charge in [0, 0.05) is 17.4 Å². The van der Waals surface area contributed by atoms with E-state index >= 15 is 0 Å². The Morgan fingerprint density at radius 3 is 2.60 bits per heavy atom. The maximum atomic E-state index is 12.0. The summed E-state index contributed by atoms with van der Waals surface area (Å²) in [5.74, 6) is -0.810. The van der Waals surface area contributed by atoms with E-state index in [1.807, 2.05) is 18.6 Å². The predicted molar refractivity (Wildman–Crippen MR) is 74.0 cm³/mol. The number of imidazole rings is 1. The van der Waals surface area contributed by atoms with Crippen LogP contribution in [0.5, 0.6) is 0 Å². The summed E-state index contributed by atoms with van der Waals surface area (Å²) in [6.07, 6.45) is 0.938. The lowest BCUT2D eigenvalue weighted by atomic mass is 10.2. The SMILES string of the molecule is C=C(Cl)CC(NS(=O)(=O)c1cnc(C(C)C)[nH]1)C(=O)O. The van der Waals surface area contributed by atoms with Gasteiger partial charge in [-0.3, -0.25) is 4.79 Å². The molecule has 1 heterocycles. The lowest BCUT2D eigenvalue weighted by molar-refractivity contribution is -0.138. The van der Waals surface area contributed by atoms with E-state index < -0.39 is 22.0 Å². The molecule has 0 spiro atoms. The van der Waals surface area contributed by atoms with E-state index in [2.05, 4.69) is 16.5 Å². The van der Waals surface area contributed by atoms with Crippen LogP contribution in [0.3, 0.4) is 0 Å². The number of rotatable bonds is 7. The van der Waals surface area contributed by atoms with Gasteiger partial charge < -0.3 is 10.1 Å². The molecule has 20 heavy (non-hydrogen) atoms. The van der Waals surface area contributed by atoms with E-state index in [4.69, 9.17) is 16.7 Å². The lowest BCUT2D eigenvalue weighted by Crippen LogP contribution is -2.40. The molecule has 0 aliphatic heterocycles. The van der Waals surface area contributed by atoms with Crippen LogP contribution in [-0.4, -0.2) is 35.5 Å². The molecule has 1 aromatic heterocycles. The van der Waals surface area contributed by atoms with Crippen molar-refractivity contribution >= 4 is 27.6 Å². The minimum atomic E-state index is -4.01. The first-order valence-electron chi connectivity index (χ1n) is 5.76. The maximum absolute atomic E-state index is 12.0. The second-order valence-corrected chi connectivity index (χ2v) is 6.74. The first-order valence-corrected chi connectivity index (χ1v) is 7.63. The summed E-state index contributed by atoms with van der Waals surface area (Å²) < 4.78 is 26.1. The Morgan fingerprint density at radius 2 is 2.20 bits per heavy atom. The van der Waals surface area contributed by atoms with E-state index in [-0.39, 0.29) is 22.4 Å². The van der Waals surface area contributed by atoms with Crippen LogP contribution in [0.2, 0.25) is 0 Å². The normalized spacial score (nSPS) is 13.4. The van der Waals surface area contributed by atoms with E-state index in [0.717, 1.165) is 6.20 Å². The Morgan fingerprint density at radius 1 is 1.60 bits per heavy atom. The van der Waals surface area contributed by atoms with E-state index in [1.165, 1.54) is 0 Å². The van der Waals surface area contributed by atoms with Crippen molar-refractivity contribution < 1.29 is 18.3 Å². The Hall–Kier alpha value is -1.38. The summed E-state index contributed by atoms with van der Waals surface area (Å²) in [4.78, 5) is 17.6. The Kier molecular flexibility index (Phi) is 5.32. The number of nitrogens with zero attached hydrogens (tertiary/aromatic N) is 1. The van der Waals surface area contributed by atoms with Crippen LogP contribution < -0.4 is 4.72 Å². The number of carbonyl (C=O) groups is 1. The zero-order valence-electron chi connectivity index (χ0n) is 11.1. The quantitative estimate of drug-likeness (QED) is 0.703. The van der Waals surface area contributed by atoms with Gasteiger partial charge in [0.25, 0.3) is 10.0 Å². The highest BCUT2D eigenvalue weighted by atomic mass is 35.5. The molecule has 0 aliphatic carbocycles. The summed E-state index contributed by atoms with van der Waals surface area (Å²) in [6.45, 7) is 7.05. The van der Waals surface area contributed by atoms with Gasteiger partial charge in [0.05, 0.1) is 6.20 Å². The monoisotopic (exact) mass is 321 g/mol. The van der Waals surface area contributed by atoms with Crippen molar-refractivity contribution in [3.05, 3.63) is 23.6 Å². The maximum Gasteiger partial charge on any atom is 0.322 e. The van der Waals surface area contributed by atoms with E-state index in [9.17, 15) is 13.2 Å². The van der Waals surface area contributed by atoms with Gasteiger partial charge in [-0.25, -0.2) is 13.4 Å². The molecule has 1 atom stereocenters. The number of hydrogen-bond donors (Lipinski definition) is 3. The molecule has 0 saturated carbocycles. The molecule has 0 radical (unpaired) electrons. The van der Waals surface area contributed by atoms with Crippen LogP contribution in [0.15, 0.2) is 22.8 Å². The number of halogens is 1. The summed E-state index contributed by atoms with van der Waals surface area (Å²) in [5.41, 5.74) is 0. The zero-order chi connectivity index (χ0) is 15.5. The van der Waals surface area contributed by atoms with Crippen molar-refractivity contribution in [2.24, 2.45) is 0 Å². The number of aromatic nitrogens is 2. The third-order valence-corrected chi connectivity index (χ3v) is 3.97. The zero-order valence-corrected chi connectivity index (χ0v) is 12.6. The van der Waals surface area contributed by atoms with Gasteiger partial charge in [0.2, 0.25) is 0 Å². The standard InChI is InChI=1S/C11H16ClN3O4S/c1-6(2)10-13-5-9(14-10)20(18,19)15-8(11(16)17)4-7(3)12/h5-6,8,15H,3-4H2,1-2H3,(H,13,14)(H,16,17). The number of H-pyrrole nitrogens is 1. The minimum absolute atomic E-state index is 0.0249. The van der Waals surface area contributed by atoms with Crippen LogP contribution in [0.1, 0.15) is 32.0 Å². The number of aromatic amines is 1. The Bertz CT molecular complexity index is 609. The van der Waals surface area contributed by atoms with Crippen LogP contribution in [0.25, 0.3) is 0 Å². The highest BCUT2D eigenvalue weighted by Gasteiger charge is 2.27. The van der Waals surface area contributed by atoms with E-state index in [0.29, 0.717) is 5.82 Å². The summed E-state index contributed by atoms with van der Waals surface area (Å²) >= 11 is 5.52. The van der Waals surface area contributed by atoms with Gasteiger partial charge in [-0.1, -0.05) is 32.0 Å². The third-order valence-electron chi connectivity index (χ3n) is 2.43. The number of carboxylic acids is 1. The second kappa shape index (κ2) is 6.38. The van der Waals surface area contributed by atoms with Gasteiger partial charge in [-0.05, 0) is 0 Å². The molecule has 9 heteroatoms. The average Bonchev–Trinajstić information content (AvgIpc) is 2.76. The van der Waals surface area contributed by atoms with Crippen LogP contribution in [-0.2, 0) is 14.8 Å². The van der Waals surface area contributed by atoms with Crippen LogP contribution in [0.4, 0.5) is 0 Å². The first-order chi connectivity index (χ1) is 9.13. The highest BCUT2D eigenvalue weighted by molar-refractivity contribution is 7.89. The molecule has 0 fully saturated rings. The van der Waals surface area contributed by atoms with Gasteiger partial charge in [-0.15, -0.1) is 0 Å². The first kappa shape index (κ1) is 16.7. The molecule has 3 N–H and O–H groups in total. The minimum Gasteiger partial charge on any atom is -0.480 e. The molecular formula is C11H16ClN3O4S. The van der Waals surface area contributed by atoms with Crippen molar-refractivity contribution in [3.8, 4) is 0 Å². The van der Waals surface area contributed by atoms with Crippen molar-refractivity contribution in [2.75, 3.05) is 0 Å². The molecule has 0 aromatic carbocycles. The van der Waals surface area contributed by atoms with Gasteiger partial charge in [-0.2, -0.15) is 4.72 Å². The van der Waals surface area contributed by atoms with Gasteiger partial charge >= 0.3 is 5.97 Å². The number of carboxylic acid groups (broad SMARTS) is 1. The molecule has 1 unspecified atom stereocenters. The molecule has 0 saturated heterocycles. The van der Waals surface area contributed by atoms with Crippen LogP contribution in [0, 0.1) is 0 Å². The number of nitrogens with one attached hydrogen (secondary N) is 2. The molecule has 0 aliphatic rings. The predicted octanol–water partition coefficient (Wildman–Crippen LogP) is 1.41. The Balaban J connectivity index is 2.97. The molecular weight excluding hydrogens is 306 g/mol. The lowest BCUT2D eigenvalue weighted by Gasteiger charge is -2.13. The van der Waals surface area contributed by atoms with Crippen molar-refractivity contribution in [1.29, 1.82) is 0 Å². The second-order valence-electron chi connectivity index (χ2n) is 4.52. The topological polar surface area (TPSA) is 112 Å². The summed E-state index contributed by atoms with van der Waals surface area (Å²) in [5, 5.41) is 8.83. The van der Waals surface area contributed by atoms with Crippen molar-refractivity contribution in [3.63, 3.8) is 0 Å². The Labute approximate surface area is 122 Å². The molecule has 1 rings (SSSR count). The molecule has 0 bridgehead atoms. The van der Waals surface area contributed by atoms with Gasteiger partial charge in [0.1, 0.15) is 11.9 Å². The molecule has 7 nitrogen and oxygen atoms in total. The fraction of sp³-hybridized carbons (Fsp3) is 0.455. The fourth-order valence-corrected chi connectivity index (χ4v) is 2.67. The van der Waals surface area contributed by atoms with Crippen molar-refractivity contribution in [2.45, 2.75) is 37.3 Å². The number of sulfonamides is 1.